The van der Waals surface area contributed by atoms with E-state index in [0.29, 0.717) is 0 Å². The Morgan fingerprint density at radius 3 is 2.83 bits per heavy atom. The smallest absolute Gasteiger partial charge is 0.193 e. The van der Waals surface area contributed by atoms with Crippen LogP contribution in [0.4, 0.5) is 5.00 Å². The Bertz CT molecular complexity index is 641. The number of aryl methyl sites for hydroxylation is 1. The Morgan fingerprint density at radius 1 is 1.33 bits per heavy atom. The minimum absolute atomic E-state index is 0.822. The van der Waals surface area contributed by atoms with Crippen LogP contribution in [0.2, 0.25) is 0 Å². The standard InChI is InChI=1S/C16H25N7S/c1-3-14-20-19-13-23(14)7-6-18-16(17-2)22-10-8-21(9-11-22)15-5-4-12-24-15/h4-5,12-13H,3,6-11H2,1-2H3,(H,17,18). The second kappa shape index (κ2) is 8.14. The van der Waals surface area contributed by atoms with Crippen LogP contribution in [0.25, 0.3) is 0 Å². The summed E-state index contributed by atoms with van der Waals surface area (Å²) < 4.78 is 2.09. The van der Waals surface area contributed by atoms with Crippen molar-refractivity contribution in [3.63, 3.8) is 0 Å². The van der Waals surface area contributed by atoms with E-state index in [1.807, 2.05) is 18.4 Å². The van der Waals surface area contributed by atoms with Gasteiger partial charge in [0.1, 0.15) is 12.2 Å². The maximum atomic E-state index is 4.44. The first-order valence-corrected chi connectivity index (χ1v) is 9.30. The van der Waals surface area contributed by atoms with Crippen molar-refractivity contribution < 1.29 is 0 Å². The molecule has 0 spiro atoms. The van der Waals surface area contributed by atoms with Gasteiger partial charge in [-0.05, 0) is 17.5 Å². The number of rotatable bonds is 5. The van der Waals surface area contributed by atoms with Crippen LogP contribution in [0.1, 0.15) is 12.7 Å². The average Bonchev–Trinajstić information content (AvgIpc) is 3.30. The molecule has 7 nitrogen and oxygen atoms in total. The molecule has 0 amide bonds. The first-order valence-electron chi connectivity index (χ1n) is 8.42. The van der Waals surface area contributed by atoms with Crippen LogP contribution in [0, 0.1) is 0 Å². The number of aromatic nitrogens is 3. The number of thiophene rings is 1. The van der Waals surface area contributed by atoms with Crippen LogP contribution < -0.4 is 10.2 Å². The van der Waals surface area contributed by atoms with Crippen LogP contribution in [-0.2, 0) is 13.0 Å². The van der Waals surface area contributed by atoms with Crippen LogP contribution in [0.3, 0.4) is 0 Å². The van der Waals surface area contributed by atoms with E-state index >= 15 is 0 Å². The lowest BCUT2D eigenvalue weighted by Gasteiger charge is -2.37. The molecule has 0 aromatic carbocycles. The molecule has 0 atom stereocenters. The van der Waals surface area contributed by atoms with Gasteiger partial charge in [-0.3, -0.25) is 4.99 Å². The monoisotopic (exact) mass is 347 g/mol. The van der Waals surface area contributed by atoms with Crippen molar-refractivity contribution in [2.24, 2.45) is 4.99 Å². The average molecular weight is 347 g/mol. The van der Waals surface area contributed by atoms with Gasteiger partial charge in [-0.15, -0.1) is 21.5 Å². The normalized spacial score (nSPS) is 15.8. The lowest BCUT2D eigenvalue weighted by atomic mass is 10.3. The van der Waals surface area contributed by atoms with Crippen molar-refractivity contribution in [2.75, 3.05) is 44.7 Å². The summed E-state index contributed by atoms with van der Waals surface area (Å²) in [6, 6.07) is 4.31. The summed E-state index contributed by atoms with van der Waals surface area (Å²) in [6.07, 6.45) is 2.70. The van der Waals surface area contributed by atoms with Gasteiger partial charge in [-0.2, -0.15) is 0 Å². The highest BCUT2D eigenvalue weighted by Gasteiger charge is 2.20. The molecule has 0 saturated carbocycles. The molecule has 1 fully saturated rings. The van der Waals surface area contributed by atoms with E-state index in [2.05, 4.69) is 59.3 Å². The summed E-state index contributed by atoms with van der Waals surface area (Å²) in [5.41, 5.74) is 0. The molecule has 130 valence electrons. The molecular weight excluding hydrogens is 322 g/mol. The van der Waals surface area contributed by atoms with Crippen molar-refractivity contribution in [1.82, 2.24) is 25.0 Å². The fraction of sp³-hybridized carbons (Fsp3) is 0.562. The van der Waals surface area contributed by atoms with Crippen LogP contribution in [-0.4, -0.2) is 65.4 Å². The number of piperazine rings is 1. The predicted octanol–water partition coefficient (Wildman–Crippen LogP) is 1.30. The molecule has 1 N–H and O–H groups in total. The molecule has 8 heteroatoms. The van der Waals surface area contributed by atoms with Gasteiger partial charge in [-0.1, -0.05) is 6.92 Å². The molecule has 0 unspecified atom stereocenters. The van der Waals surface area contributed by atoms with Crippen molar-refractivity contribution in [3.8, 4) is 0 Å². The van der Waals surface area contributed by atoms with Gasteiger partial charge < -0.3 is 19.7 Å². The van der Waals surface area contributed by atoms with Crippen molar-refractivity contribution in [1.29, 1.82) is 0 Å². The van der Waals surface area contributed by atoms with E-state index in [1.165, 1.54) is 5.00 Å². The molecular formula is C16H25N7S. The van der Waals surface area contributed by atoms with Crippen molar-refractivity contribution in [2.45, 2.75) is 19.9 Å². The van der Waals surface area contributed by atoms with Gasteiger partial charge >= 0.3 is 0 Å². The molecule has 3 rings (SSSR count). The second-order valence-corrected chi connectivity index (χ2v) is 6.62. The number of nitrogens with zero attached hydrogens (tertiary/aromatic N) is 6. The Kier molecular flexibility index (Phi) is 5.68. The van der Waals surface area contributed by atoms with Crippen LogP contribution >= 0.6 is 11.3 Å². The Balaban J connectivity index is 1.47. The van der Waals surface area contributed by atoms with Crippen LogP contribution in [0.15, 0.2) is 28.8 Å². The largest absolute Gasteiger partial charge is 0.360 e. The molecule has 1 saturated heterocycles. The molecule has 2 aromatic rings. The summed E-state index contributed by atoms with van der Waals surface area (Å²) in [6.45, 7) is 7.82. The quantitative estimate of drug-likeness (QED) is 0.652. The topological polar surface area (TPSA) is 61.6 Å². The predicted molar refractivity (Wildman–Crippen MR) is 98.9 cm³/mol. The molecule has 3 heterocycles. The Hall–Kier alpha value is -2.09. The Morgan fingerprint density at radius 2 is 2.17 bits per heavy atom. The summed E-state index contributed by atoms with van der Waals surface area (Å²) in [4.78, 5) is 9.21. The molecule has 2 aromatic heterocycles. The van der Waals surface area contributed by atoms with Gasteiger partial charge in [0.2, 0.25) is 0 Å². The lowest BCUT2D eigenvalue weighted by molar-refractivity contribution is 0.372. The summed E-state index contributed by atoms with van der Waals surface area (Å²) in [5.74, 6) is 2.00. The number of hydrogen-bond donors (Lipinski definition) is 1. The first kappa shape index (κ1) is 16.8. The van der Waals surface area contributed by atoms with Gasteiger partial charge in [-0.25, -0.2) is 0 Å². The lowest BCUT2D eigenvalue weighted by Crippen LogP contribution is -2.52. The fourth-order valence-corrected chi connectivity index (χ4v) is 3.73. The third-order valence-electron chi connectivity index (χ3n) is 4.26. The van der Waals surface area contributed by atoms with E-state index in [-0.39, 0.29) is 0 Å². The minimum atomic E-state index is 0.822. The number of hydrogen-bond acceptors (Lipinski definition) is 5. The van der Waals surface area contributed by atoms with Gasteiger partial charge in [0, 0.05) is 52.7 Å². The van der Waals surface area contributed by atoms with Gasteiger partial charge in [0.15, 0.2) is 5.96 Å². The number of anilines is 1. The highest BCUT2D eigenvalue weighted by Crippen LogP contribution is 2.22. The molecule has 0 bridgehead atoms. The molecule has 24 heavy (non-hydrogen) atoms. The highest BCUT2D eigenvalue weighted by atomic mass is 32.1. The number of aliphatic imine (C=N–C) groups is 1. The van der Waals surface area contributed by atoms with E-state index in [9.17, 15) is 0 Å². The SMILES string of the molecule is CCc1nncn1CCNC(=NC)N1CCN(c2cccs2)CC1. The summed E-state index contributed by atoms with van der Waals surface area (Å²) in [5, 5.41) is 15.0. The molecule has 1 aliphatic rings. The highest BCUT2D eigenvalue weighted by molar-refractivity contribution is 7.14. The summed E-state index contributed by atoms with van der Waals surface area (Å²) >= 11 is 1.81. The zero-order valence-electron chi connectivity index (χ0n) is 14.4. The van der Waals surface area contributed by atoms with E-state index in [0.717, 1.165) is 57.5 Å². The van der Waals surface area contributed by atoms with E-state index < -0.39 is 0 Å². The molecule has 1 aliphatic heterocycles. The third-order valence-corrected chi connectivity index (χ3v) is 5.19. The van der Waals surface area contributed by atoms with Crippen LogP contribution in [0.5, 0.6) is 0 Å². The van der Waals surface area contributed by atoms with Crippen molar-refractivity contribution in [3.05, 3.63) is 29.7 Å². The zero-order valence-corrected chi connectivity index (χ0v) is 15.2. The molecule has 0 radical (unpaired) electrons. The van der Waals surface area contributed by atoms with Gasteiger partial charge in [0.25, 0.3) is 0 Å². The van der Waals surface area contributed by atoms with E-state index in [1.54, 1.807) is 6.33 Å². The summed E-state index contributed by atoms with van der Waals surface area (Å²) in [7, 11) is 1.85. The maximum Gasteiger partial charge on any atom is 0.193 e. The van der Waals surface area contributed by atoms with E-state index in [4.69, 9.17) is 0 Å². The fourth-order valence-electron chi connectivity index (χ4n) is 2.95. The number of nitrogens with one attached hydrogen (secondary N) is 1. The third kappa shape index (κ3) is 3.87. The maximum absolute atomic E-state index is 4.44. The minimum Gasteiger partial charge on any atom is -0.360 e. The zero-order chi connectivity index (χ0) is 16.8. The molecule has 0 aliphatic carbocycles. The second-order valence-electron chi connectivity index (χ2n) is 5.69. The number of guanidine groups is 1. The van der Waals surface area contributed by atoms with Gasteiger partial charge in [0.05, 0.1) is 5.00 Å². The van der Waals surface area contributed by atoms with Crippen molar-refractivity contribution >= 4 is 22.3 Å². The Labute approximate surface area is 147 Å². The first-order chi connectivity index (χ1) is 11.8.